The molecule has 1 saturated heterocycles. The Morgan fingerprint density at radius 2 is 2.23 bits per heavy atom. The molecule has 2 aliphatic rings. The Bertz CT molecular complexity index is 222. The molecule has 0 spiro atoms. The van der Waals surface area contributed by atoms with E-state index in [-0.39, 0.29) is 11.8 Å². The van der Waals surface area contributed by atoms with Crippen molar-refractivity contribution in [2.45, 2.75) is 29.7 Å². The van der Waals surface area contributed by atoms with Gasteiger partial charge in [0.25, 0.3) is 0 Å². The molecule has 2 rings (SSSR count). The molecular weight excluding hydrogens is 279 g/mol. The number of rotatable bonds is 0. The van der Waals surface area contributed by atoms with Gasteiger partial charge >= 0.3 is 0 Å². The minimum atomic E-state index is 0.215. The molecule has 2 N–H and O–H groups in total. The molecule has 4 unspecified atom stereocenters. The van der Waals surface area contributed by atoms with E-state index in [1.807, 2.05) is 0 Å². The van der Waals surface area contributed by atoms with E-state index >= 15 is 0 Å². The van der Waals surface area contributed by atoms with Gasteiger partial charge < -0.3 is 5.32 Å². The molecule has 0 aromatic heterocycles. The molecule has 0 bridgehead atoms. The summed E-state index contributed by atoms with van der Waals surface area (Å²) in [7, 11) is 0. The van der Waals surface area contributed by atoms with Crippen molar-refractivity contribution in [1.82, 2.24) is 10.6 Å². The van der Waals surface area contributed by atoms with Crippen LogP contribution >= 0.6 is 22.6 Å². The van der Waals surface area contributed by atoms with Gasteiger partial charge in [-0.25, -0.2) is 0 Å². The average molecular weight is 294 g/mol. The lowest BCUT2D eigenvalue weighted by molar-refractivity contribution is -0.129. The van der Waals surface area contributed by atoms with Gasteiger partial charge in [-0.2, -0.15) is 0 Å². The molecule has 2 fully saturated rings. The summed E-state index contributed by atoms with van der Waals surface area (Å²) in [6.07, 6.45) is 2.23. The van der Waals surface area contributed by atoms with Crippen molar-refractivity contribution in [3.63, 3.8) is 0 Å². The molecule has 0 radical (unpaired) electrons. The minimum absolute atomic E-state index is 0.215. The van der Waals surface area contributed by atoms with Gasteiger partial charge in [-0.1, -0.05) is 29.5 Å². The van der Waals surface area contributed by atoms with Crippen molar-refractivity contribution >= 4 is 28.5 Å². The van der Waals surface area contributed by atoms with E-state index in [0.717, 1.165) is 12.3 Å². The number of hydrogen-bond acceptors (Lipinski definition) is 2. The van der Waals surface area contributed by atoms with Crippen LogP contribution in [0.4, 0.5) is 0 Å². The summed E-state index contributed by atoms with van der Waals surface area (Å²) < 4.78 is 0.599. The monoisotopic (exact) mass is 294 g/mol. The number of alkyl halides is 1. The quantitative estimate of drug-likeness (QED) is 0.514. The van der Waals surface area contributed by atoms with E-state index in [0.29, 0.717) is 16.6 Å². The normalized spacial score (nSPS) is 45.2. The largest absolute Gasteiger partial charge is 0.343 e. The second-order valence-electron chi connectivity index (χ2n) is 4.05. The van der Waals surface area contributed by atoms with Crippen molar-refractivity contribution in [3.8, 4) is 0 Å². The highest BCUT2D eigenvalue weighted by Crippen LogP contribution is 2.35. The van der Waals surface area contributed by atoms with Crippen LogP contribution in [0.25, 0.3) is 0 Å². The van der Waals surface area contributed by atoms with Gasteiger partial charge in [0, 0.05) is 9.97 Å². The Morgan fingerprint density at radius 1 is 1.46 bits per heavy atom. The predicted molar refractivity (Wildman–Crippen MR) is 59.6 cm³/mol. The topological polar surface area (TPSA) is 41.1 Å². The lowest BCUT2D eigenvalue weighted by Crippen LogP contribution is -2.60. The zero-order valence-corrected chi connectivity index (χ0v) is 9.87. The third kappa shape index (κ3) is 1.70. The highest BCUT2D eigenvalue weighted by molar-refractivity contribution is 14.1. The number of halogens is 1. The number of nitrogens with one attached hydrogen (secondary N) is 2. The van der Waals surface area contributed by atoms with Crippen LogP contribution in [0.1, 0.15) is 19.8 Å². The Kier molecular flexibility index (Phi) is 2.78. The zero-order chi connectivity index (χ0) is 9.42. The first-order valence-electron chi connectivity index (χ1n) is 4.85. The van der Waals surface area contributed by atoms with Crippen molar-refractivity contribution in [3.05, 3.63) is 0 Å². The highest BCUT2D eigenvalue weighted by Gasteiger charge is 2.41. The SMILES string of the molecule is CC1CCC2C(=O)NCNC2C1I. The van der Waals surface area contributed by atoms with Gasteiger partial charge in [0.05, 0.1) is 12.6 Å². The Hall–Kier alpha value is 0.160. The lowest BCUT2D eigenvalue weighted by atomic mass is 9.78. The van der Waals surface area contributed by atoms with Crippen molar-refractivity contribution in [1.29, 1.82) is 0 Å². The molecule has 3 nitrogen and oxygen atoms in total. The fourth-order valence-electron chi connectivity index (χ4n) is 2.29. The van der Waals surface area contributed by atoms with Gasteiger partial charge in [-0.15, -0.1) is 0 Å². The summed E-state index contributed by atoms with van der Waals surface area (Å²) in [6.45, 7) is 2.92. The number of carbonyl (C=O) groups is 1. The molecule has 1 aliphatic heterocycles. The van der Waals surface area contributed by atoms with E-state index in [1.54, 1.807) is 0 Å². The van der Waals surface area contributed by atoms with Crippen LogP contribution in [0.5, 0.6) is 0 Å². The number of fused-ring (bicyclic) bond motifs is 1. The summed E-state index contributed by atoms with van der Waals surface area (Å²) in [5.74, 6) is 1.20. The average Bonchev–Trinajstić information content (AvgIpc) is 2.12. The van der Waals surface area contributed by atoms with Crippen LogP contribution in [0, 0.1) is 11.8 Å². The van der Waals surface area contributed by atoms with Crippen molar-refractivity contribution < 1.29 is 4.79 Å². The summed E-state index contributed by atoms with van der Waals surface area (Å²) in [6, 6.07) is 0.401. The molecular formula is C9H15IN2O. The maximum atomic E-state index is 11.5. The fraction of sp³-hybridized carbons (Fsp3) is 0.889. The highest BCUT2D eigenvalue weighted by atomic mass is 127. The predicted octanol–water partition coefficient (Wildman–Crippen LogP) is 0.882. The Labute approximate surface area is 92.2 Å². The first-order valence-corrected chi connectivity index (χ1v) is 6.10. The van der Waals surface area contributed by atoms with E-state index in [9.17, 15) is 4.79 Å². The van der Waals surface area contributed by atoms with E-state index in [1.165, 1.54) is 6.42 Å². The second-order valence-corrected chi connectivity index (χ2v) is 5.49. The van der Waals surface area contributed by atoms with Crippen LogP contribution in [0.2, 0.25) is 0 Å². The third-order valence-electron chi connectivity index (χ3n) is 3.19. The van der Waals surface area contributed by atoms with Gasteiger partial charge in [-0.3, -0.25) is 10.1 Å². The molecule has 1 aliphatic carbocycles. The molecule has 74 valence electrons. The Morgan fingerprint density at radius 3 is 3.00 bits per heavy atom. The van der Waals surface area contributed by atoms with E-state index < -0.39 is 0 Å². The van der Waals surface area contributed by atoms with Gasteiger partial charge in [0.1, 0.15) is 0 Å². The molecule has 13 heavy (non-hydrogen) atoms. The van der Waals surface area contributed by atoms with Gasteiger partial charge in [0.2, 0.25) is 5.91 Å². The smallest absolute Gasteiger partial charge is 0.225 e. The zero-order valence-electron chi connectivity index (χ0n) is 7.72. The number of carbonyl (C=O) groups excluding carboxylic acids is 1. The molecule has 1 amide bonds. The van der Waals surface area contributed by atoms with Crippen LogP contribution in [0.3, 0.4) is 0 Å². The maximum Gasteiger partial charge on any atom is 0.225 e. The van der Waals surface area contributed by atoms with Crippen molar-refractivity contribution in [2.24, 2.45) is 11.8 Å². The molecule has 0 aromatic carbocycles. The molecule has 1 heterocycles. The molecule has 4 atom stereocenters. The van der Waals surface area contributed by atoms with E-state index in [2.05, 4.69) is 40.1 Å². The summed E-state index contributed by atoms with van der Waals surface area (Å²) in [5.41, 5.74) is 0. The van der Waals surface area contributed by atoms with Crippen LogP contribution in [-0.4, -0.2) is 22.5 Å². The second kappa shape index (κ2) is 3.73. The van der Waals surface area contributed by atoms with Crippen LogP contribution < -0.4 is 10.6 Å². The maximum absolute atomic E-state index is 11.5. The first-order chi connectivity index (χ1) is 6.20. The molecule has 4 heteroatoms. The summed E-state index contributed by atoms with van der Waals surface area (Å²) in [5, 5.41) is 6.26. The Balaban J connectivity index is 2.12. The third-order valence-corrected chi connectivity index (χ3v) is 5.19. The molecule has 1 saturated carbocycles. The van der Waals surface area contributed by atoms with Crippen molar-refractivity contribution in [2.75, 3.05) is 6.67 Å². The van der Waals surface area contributed by atoms with Gasteiger partial charge in [-0.05, 0) is 18.8 Å². The molecule has 0 aromatic rings. The lowest BCUT2D eigenvalue weighted by Gasteiger charge is -2.41. The number of amides is 1. The fourth-order valence-corrected chi connectivity index (χ4v) is 3.41. The van der Waals surface area contributed by atoms with Crippen LogP contribution in [0.15, 0.2) is 0 Å². The van der Waals surface area contributed by atoms with E-state index in [4.69, 9.17) is 0 Å². The van der Waals surface area contributed by atoms with Crippen LogP contribution in [-0.2, 0) is 4.79 Å². The van der Waals surface area contributed by atoms with Gasteiger partial charge in [0.15, 0.2) is 0 Å². The number of hydrogen-bond donors (Lipinski definition) is 2. The minimum Gasteiger partial charge on any atom is -0.343 e. The standard InChI is InChI=1S/C9H15IN2O/c1-5-2-3-6-8(7(5)10)11-4-12-9(6)13/h5-8,11H,2-4H2,1H3,(H,12,13). The summed E-state index contributed by atoms with van der Waals surface area (Å²) >= 11 is 2.48. The summed E-state index contributed by atoms with van der Waals surface area (Å²) in [4.78, 5) is 11.5. The first kappa shape index (κ1) is 9.71.